The molecule has 0 N–H and O–H groups in total. The number of nitrogens with zero attached hydrogens (tertiary/aromatic N) is 2. The lowest BCUT2D eigenvalue weighted by atomic mass is 10.2. The van der Waals surface area contributed by atoms with E-state index in [4.69, 9.17) is 4.74 Å². The number of amides is 1. The Hall–Kier alpha value is -3.15. The average molecular weight is 382 g/mol. The zero-order valence-electron chi connectivity index (χ0n) is 15.8. The number of carbonyl (C=O) groups is 2. The van der Waals surface area contributed by atoms with Gasteiger partial charge in [0.25, 0.3) is 5.91 Å². The van der Waals surface area contributed by atoms with Crippen LogP contribution in [0.3, 0.4) is 0 Å². The fourth-order valence-corrected chi connectivity index (χ4v) is 3.11. The van der Waals surface area contributed by atoms with Crippen LogP contribution in [0, 0.1) is 5.82 Å². The van der Waals surface area contributed by atoms with Crippen molar-refractivity contribution in [1.29, 1.82) is 0 Å². The van der Waals surface area contributed by atoms with Crippen LogP contribution in [-0.2, 0) is 14.3 Å². The number of para-hydroxylation sites is 1. The normalized spacial score (nSPS) is 15.5. The highest BCUT2D eigenvalue weighted by molar-refractivity contribution is 5.90. The van der Waals surface area contributed by atoms with Gasteiger partial charge in [0, 0.05) is 43.5 Å². The van der Waals surface area contributed by atoms with E-state index >= 15 is 0 Å². The molecule has 0 saturated carbocycles. The summed E-state index contributed by atoms with van der Waals surface area (Å²) in [4.78, 5) is 28.4. The number of ether oxygens (including phenoxy) is 1. The second-order valence-corrected chi connectivity index (χ2v) is 6.58. The lowest BCUT2D eigenvalue weighted by Crippen LogP contribution is -2.51. The molecule has 1 saturated heterocycles. The maximum absolute atomic E-state index is 13.6. The zero-order valence-corrected chi connectivity index (χ0v) is 15.8. The van der Waals surface area contributed by atoms with E-state index in [-0.39, 0.29) is 11.5 Å². The number of anilines is 1. The molecule has 0 aromatic heterocycles. The van der Waals surface area contributed by atoms with E-state index in [9.17, 15) is 14.0 Å². The highest BCUT2D eigenvalue weighted by atomic mass is 19.1. The largest absolute Gasteiger partial charge is 0.449 e. The van der Waals surface area contributed by atoms with E-state index in [2.05, 4.69) is 4.90 Å². The summed E-state index contributed by atoms with van der Waals surface area (Å²) in [5, 5.41) is 0. The lowest BCUT2D eigenvalue weighted by Gasteiger charge is -2.36. The molecule has 1 amide bonds. The molecule has 0 aliphatic carbocycles. The van der Waals surface area contributed by atoms with Crippen LogP contribution in [0.1, 0.15) is 12.5 Å². The van der Waals surface area contributed by atoms with Crippen molar-refractivity contribution in [3.8, 4) is 0 Å². The third-order valence-corrected chi connectivity index (χ3v) is 4.66. The topological polar surface area (TPSA) is 49.9 Å². The highest BCUT2D eigenvalue weighted by Crippen LogP contribution is 2.16. The molecule has 0 spiro atoms. The number of esters is 1. The van der Waals surface area contributed by atoms with Crippen LogP contribution >= 0.6 is 0 Å². The second-order valence-electron chi connectivity index (χ2n) is 6.58. The molecule has 1 atom stereocenters. The maximum Gasteiger partial charge on any atom is 0.331 e. The van der Waals surface area contributed by atoms with E-state index in [1.807, 2.05) is 30.3 Å². The van der Waals surface area contributed by atoms with Crippen LogP contribution in [0.4, 0.5) is 10.1 Å². The molecular formula is C22H23FN2O3. The van der Waals surface area contributed by atoms with Gasteiger partial charge >= 0.3 is 5.97 Å². The Labute approximate surface area is 164 Å². The number of benzene rings is 2. The number of halogens is 1. The molecule has 0 bridgehead atoms. The minimum Gasteiger partial charge on any atom is -0.449 e. The Morgan fingerprint density at radius 1 is 1.00 bits per heavy atom. The molecule has 2 aromatic rings. The van der Waals surface area contributed by atoms with Gasteiger partial charge in [-0.15, -0.1) is 0 Å². The van der Waals surface area contributed by atoms with Gasteiger partial charge in [-0.25, -0.2) is 9.18 Å². The van der Waals surface area contributed by atoms with E-state index in [0.717, 1.165) is 24.9 Å². The molecule has 1 aliphatic rings. The third-order valence-electron chi connectivity index (χ3n) is 4.66. The second kappa shape index (κ2) is 9.17. The van der Waals surface area contributed by atoms with Crippen LogP contribution < -0.4 is 4.90 Å². The molecular weight excluding hydrogens is 359 g/mol. The summed E-state index contributed by atoms with van der Waals surface area (Å²) in [6, 6.07) is 16.2. The van der Waals surface area contributed by atoms with E-state index in [0.29, 0.717) is 13.1 Å². The van der Waals surface area contributed by atoms with Gasteiger partial charge in [-0.3, -0.25) is 4.79 Å². The first-order chi connectivity index (χ1) is 13.5. The molecule has 0 unspecified atom stereocenters. The minimum absolute atomic E-state index is 0.222. The number of hydrogen-bond acceptors (Lipinski definition) is 4. The summed E-state index contributed by atoms with van der Waals surface area (Å²) >= 11 is 0. The summed E-state index contributed by atoms with van der Waals surface area (Å²) in [6.45, 7) is 4.15. The number of carbonyl (C=O) groups excluding carboxylic acids is 2. The molecule has 1 fully saturated rings. The van der Waals surface area contributed by atoms with Crippen molar-refractivity contribution in [3.05, 3.63) is 72.1 Å². The van der Waals surface area contributed by atoms with Crippen LogP contribution in [-0.4, -0.2) is 49.1 Å². The van der Waals surface area contributed by atoms with Gasteiger partial charge in [0.15, 0.2) is 6.10 Å². The highest BCUT2D eigenvalue weighted by Gasteiger charge is 2.26. The smallest absolute Gasteiger partial charge is 0.331 e. The van der Waals surface area contributed by atoms with Crippen molar-refractivity contribution in [2.45, 2.75) is 13.0 Å². The number of hydrogen-bond donors (Lipinski definition) is 0. The Morgan fingerprint density at radius 2 is 1.64 bits per heavy atom. The zero-order chi connectivity index (χ0) is 19.9. The standard InChI is InChI=1S/C22H23FN2O3/c1-17(28-21(26)12-11-18-7-5-6-10-20(18)23)22(27)25-15-13-24(14-16-25)19-8-3-2-4-9-19/h2-12,17H,13-16H2,1H3/b12-11+/t17-/m0/s1. The molecule has 28 heavy (non-hydrogen) atoms. The quantitative estimate of drug-likeness (QED) is 0.589. The Kier molecular flexibility index (Phi) is 6.42. The van der Waals surface area contributed by atoms with Gasteiger partial charge in [0.05, 0.1) is 0 Å². The van der Waals surface area contributed by atoms with Crippen LogP contribution in [0.25, 0.3) is 6.08 Å². The first-order valence-corrected chi connectivity index (χ1v) is 9.26. The number of rotatable bonds is 5. The predicted octanol–water partition coefficient (Wildman–Crippen LogP) is 3.12. The summed E-state index contributed by atoms with van der Waals surface area (Å²) < 4.78 is 18.7. The minimum atomic E-state index is -0.888. The van der Waals surface area contributed by atoms with Gasteiger partial charge in [0.1, 0.15) is 5.82 Å². The van der Waals surface area contributed by atoms with Crippen molar-refractivity contribution < 1.29 is 18.7 Å². The molecule has 6 heteroatoms. The number of piperazine rings is 1. The third kappa shape index (κ3) is 4.97. The first-order valence-electron chi connectivity index (χ1n) is 9.26. The molecule has 1 aliphatic heterocycles. The van der Waals surface area contributed by atoms with Crippen LogP contribution in [0.15, 0.2) is 60.7 Å². The first kappa shape index (κ1) is 19.6. The molecule has 2 aromatic carbocycles. The Balaban J connectivity index is 1.49. The summed E-state index contributed by atoms with van der Waals surface area (Å²) in [5.74, 6) is -1.32. The average Bonchev–Trinajstić information content (AvgIpc) is 2.73. The molecule has 5 nitrogen and oxygen atoms in total. The van der Waals surface area contributed by atoms with E-state index in [1.54, 1.807) is 30.0 Å². The van der Waals surface area contributed by atoms with Crippen molar-refractivity contribution >= 4 is 23.6 Å². The van der Waals surface area contributed by atoms with Crippen LogP contribution in [0.2, 0.25) is 0 Å². The Bertz CT molecular complexity index is 846. The van der Waals surface area contributed by atoms with Gasteiger partial charge < -0.3 is 14.5 Å². The fraction of sp³-hybridized carbons (Fsp3) is 0.273. The van der Waals surface area contributed by atoms with Crippen molar-refractivity contribution in [3.63, 3.8) is 0 Å². The van der Waals surface area contributed by atoms with Crippen molar-refractivity contribution in [2.24, 2.45) is 0 Å². The summed E-state index contributed by atoms with van der Waals surface area (Å²) in [6.07, 6.45) is 1.59. The molecule has 146 valence electrons. The summed E-state index contributed by atoms with van der Waals surface area (Å²) in [5.41, 5.74) is 1.42. The van der Waals surface area contributed by atoms with Crippen molar-refractivity contribution in [2.75, 3.05) is 31.1 Å². The van der Waals surface area contributed by atoms with Crippen LogP contribution in [0.5, 0.6) is 0 Å². The van der Waals surface area contributed by atoms with Gasteiger partial charge in [-0.2, -0.15) is 0 Å². The SMILES string of the molecule is C[C@H](OC(=O)/C=C/c1ccccc1F)C(=O)N1CCN(c2ccccc2)CC1. The van der Waals surface area contributed by atoms with Gasteiger partial charge in [-0.05, 0) is 31.2 Å². The molecule has 1 heterocycles. The van der Waals surface area contributed by atoms with E-state index < -0.39 is 17.9 Å². The fourth-order valence-electron chi connectivity index (χ4n) is 3.11. The molecule has 3 rings (SSSR count). The Morgan fingerprint density at radius 3 is 2.32 bits per heavy atom. The predicted molar refractivity (Wildman–Crippen MR) is 106 cm³/mol. The summed E-state index contributed by atoms with van der Waals surface area (Å²) in [7, 11) is 0. The lowest BCUT2D eigenvalue weighted by molar-refractivity contribution is -0.155. The molecule has 0 radical (unpaired) electrons. The van der Waals surface area contributed by atoms with E-state index in [1.165, 1.54) is 12.1 Å². The monoisotopic (exact) mass is 382 g/mol. The van der Waals surface area contributed by atoms with Gasteiger partial charge in [0.2, 0.25) is 0 Å². The maximum atomic E-state index is 13.6. The van der Waals surface area contributed by atoms with Gasteiger partial charge in [-0.1, -0.05) is 36.4 Å². The van der Waals surface area contributed by atoms with Crippen molar-refractivity contribution in [1.82, 2.24) is 4.90 Å².